The van der Waals surface area contributed by atoms with E-state index in [1.54, 1.807) is 59.4 Å². The number of halogens is 1. The van der Waals surface area contributed by atoms with Gasteiger partial charge >= 0.3 is 5.56 Å². The van der Waals surface area contributed by atoms with Gasteiger partial charge in [0, 0.05) is 24.4 Å². The van der Waals surface area contributed by atoms with E-state index in [-0.39, 0.29) is 17.0 Å². The van der Waals surface area contributed by atoms with Crippen LogP contribution < -0.4 is 15.9 Å². The van der Waals surface area contributed by atoms with Crippen molar-refractivity contribution in [3.63, 3.8) is 0 Å². The second-order valence-electron chi connectivity index (χ2n) is 6.93. The highest BCUT2D eigenvalue weighted by Gasteiger charge is 2.24. The molecule has 0 aliphatic heterocycles. The van der Waals surface area contributed by atoms with Crippen molar-refractivity contribution in [1.82, 2.24) is 9.38 Å². The Bertz CT molecular complexity index is 1300. The van der Waals surface area contributed by atoms with Gasteiger partial charge in [-0.05, 0) is 28.8 Å². The Morgan fingerprint density at radius 1 is 1.17 bits per heavy atom. The summed E-state index contributed by atoms with van der Waals surface area (Å²) in [5.74, 6) is -0.0903. The lowest BCUT2D eigenvalue weighted by Crippen LogP contribution is -2.41. The van der Waals surface area contributed by atoms with Gasteiger partial charge in [-0.1, -0.05) is 54.6 Å². The number of nitrogens with zero attached hydrogens (tertiary/aromatic N) is 3. The van der Waals surface area contributed by atoms with Crippen LogP contribution in [0.1, 0.15) is 11.1 Å². The van der Waals surface area contributed by atoms with Crippen LogP contribution in [0.15, 0.2) is 78.4 Å². The molecule has 0 radical (unpaired) electrons. The molecule has 0 saturated heterocycles. The fourth-order valence-corrected chi connectivity index (χ4v) is 3.52. The van der Waals surface area contributed by atoms with Crippen LogP contribution in [0, 0.1) is 0 Å². The van der Waals surface area contributed by atoms with Crippen LogP contribution in [0.2, 0.25) is 5.15 Å². The molecule has 150 valence electrons. The second-order valence-corrected chi connectivity index (χ2v) is 7.31. The lowest BCUT2D eigenvalue weighted by Gasteiger charge is -2.10. The van der Waals surface area contributed by atoms with Crippen LogP contribution in [-0.2, 0) is 13.0 Å². The highest BCUT2D eigenvalue weighted by atomic mass is 35.5. The third-order valence-electron chi connectivity index (χ3n) is 4.98. The Hall–Kier alpha value is -3.64. The zero-order valence-corrected chi connectivity index (χ0v) is 16.9. The maximum atomic E-state index is 13.2. The normalized spacial score (nSPS) is 11.0. The first-order valence-electron chi connectivity index (χ1n) is 9.37. The molecule has 4 rings (SSSR count). The summed E-state index contributed by atoms with van der Waals surface area (Å²) < 4.78 is 3.26. The molecular formula is C23H20ClN4O2+. The molecule has 0 unspecified atom stereocenters. The Labute approximate surface area is 178 Å². The number of fused-ring (bicyclic) bond motifs is 1. The van der Waals surface area contributed by atoms with Gasteiger partial charge in [0.2, 0.25) is 0 Å². The second kappa shape index (κ2) is 8.00. The van der Waals surface area contributed by atoms with E-state index in [1.807, 2.05) is 12.1 Å². The highest BCUT2D eigenvalue weighted by molar-refractivity contribution is 6.29. The molecule has 7 heteroatoms. The number of aryl methyl sites for hydroxylation is 2. The Kier molecular flexibility index (Phi) is 5.25. The third-order valence-corrected chi connectivity index (χ3v) is 5.21. The van der Waals surface area contributed by atoms with E-state index in [2.05, 4.69) is 11.6 Å². The zero-order chi connectivity index (χ0) is 21.3. The fourth-order valence-electron chi connectivity index (χ4n) is 3.40. The smallest absolute Gasteiger partial charge is 0.354 e. The average Bonchev–Trinajstić information content (AvgIpc) is 2.75. The predicted molar refractivity (Wildman–Crippen MR) is 117 cm³/mol. The minimum atomic E-state index is -0.299. The van der Waals surface area contributed by atoms with Crippen LogP contribution >= 0.6 is 11.6 Å². The first kappa shape index (κ1) is 19.7. The molecule has 3 N–H and O–H groups in total. The SMILES string of the molecule is C=C(N)c1ccc(-c2c(O)[n+](CCc3ccc(Cl)nc3)c3ccccn3c2=O)cc1. The van der Waals surface area contributed by atoms with Crippen LogP contribution in [0.4, 0.5) is 0 Å². The maximum Gasteiger partial charge on any atom is 0.354 e. The largest absolute Gasteiger partial charge is 0.477 e. The summed E-state index contributed by atoms with van der Waals surface area (Å²) in [5, 5.41) is 11.5. The van der Waals surface area contributed by atoms with Crippen molar-refractivity contribution in [1.29, 1.82) is 0 Å². The van der Waals surface area contributed by atoms with Crippen molar-refractivity contribution < 1.29 is 9.67 Å². The van der Waals surface area contributed by atoms with Crippen molar-refractivity contribution in [2.24, 2.45) is 5.73 Å². The number of rotatable bonds is 5. The molecule has 0 bridgehead atoms. The average molecular weight is 420 g/mol. The Morgan fingerprint density at radius 3 is 2.60 bits per heavy atom. The summed E-state index contributed by atoms with van der Waals surface area (Å²) in [6.45, 7) is 4.17. The summed E-state index contributed by atoms with van der Waals surface area (Å²) in [7, 11) is 0. The van der Waals surface area contributed by atoms with Crippen LogP contribution in [0.3, 0.4) is 0 Å². The van der Waals surface area contributed by atoms with Crippen molar-refractivity contribution in [2.75, 3.05) is 0 Å². The van der Waals surface area contributed by atoms with Gasteiger partial charge in [-0.15, -0.1) is 0 Å². The van der Waals surface area contributed by atoms with Gasteiger partial charge in [0.05, 0.1) is 12.7 Å². The van der Waals surface area contributed by atoms with Crippen LogP contribution in [0.25, 0.3) is 22.5 Å². The Morgan fingerprint density at radius 2 is 1.93 bits per heavy atom. The standard InChI is InChI=1S/C23H19ClN4O2/c1-15(25)17-6-8-18(9-7-17)21-22(29)27-12-3-2-4-20(27)28(23(21)30)13-11-16-5-10-19(24)26-14-16/h2-10,12,14H,1,11,13,25H2/p+1. The van der Waals surface area contributed by atoms with E-state index in [1.165, 1.54) is 4.40 Å². The van der Waals surface area contributed by atoms with Crippen molar-refractivity contribution in [2.45, 2.75) is 13.0 Å². The maximum absolute atomic E-state index is 13.2. The summed E-state index contributed by atoms with van der Waals surface area (Å²) in [4.78, 5) is 17.3. The summed E-state index contributed by atoms with van der Waals surface area (Å²) in [6, 6.07) is 16.1. The molecule has 0 saturated carbocycles. The minimum absolute atomic E-state index is 0.0903. The van der Waals surface area contributed by atoms with E-state index < -0.39 is 0 Å². The molecule has 1 aromatic carbocycles. The van der Waals surface area contributed by atoms with Gasteiger partial charge in [-0.2, -0.15) is 8.97 Å². The van der Waals surface area contributed by atoms with Crippen molar-refractivity contribution >= 4 is 22.9 Å². The molecule has 3 aromatic heterocycles. The number of benzene rings is 1. The predicted octanol–water partition coefficient (Wildman–Crippen LogP) is 3.18. The monoisotopic (exact) mass is 419 g/mol. The van der Waals surface area contributed by atoms with E-state index >= 15 is 0 Å². The molecule has 0 amide bonds. The summed E-state index contributed by atoms with van der Waals surface area (Å²) in [5.41, 5.74) is 9.03. The highest BCUT2D eigenvalue weighted by Crippen LogP contribution is 2.24. The quantitative estimate of drug-likeness (QED) is 0.384. The molecule has 0 fully saturated rings. The molecule has 0 spiro atoms. The number of nitrogens with two attached hydrogens (primary N) is 1. The van der Waals surface area contributed by atoms with E-state index in [0.29, 0.717) is 35.0 Å². The van der Waals surface area contributed by atoms with Gasteiger partial charge in [0.15, 0.2) is 5.56 Å². The van der Waals surface area contributed by atoms with Crippen molar-refractivity contribution in [3.8, 4) is 17.0 Å². The molecular weight excluding hydrogens is 400 g/mol. The first-order chi connectivity index (χ1) is 14.5. The lowest BCUT2D eigenvalue weighted by molar-refractivity contribution is -0.679. The third kappa shape index (κ3) is 3.65. The number of aromatic hydroxyl groups is 1. The molecule has 0 aliphatic carbocycles. The van der Waals surface area contributed by atoms with E-state index in [0.717, 1.165) is 11.1 Å². The molecule has 0 atom stereocenters. The minimum Gasteiger partial charge on any atom is -0.477 e. The fraction of sp³-hybridized carbons (Fsp3) is 0.0870. The first-order valence-corrected chi connectivity index (χ1v) is 9.75. The van der Waals surface area contributed by atoms with Crippen molar-refractivity contribution in [3.05, 3.63) is 100 Å². The summed E-state index contributed by atoms with van der Waals surface area (Å²) in [6.07, 6.45) is 4.00. The molecule has 3 heterocycles. The lowest BCUT2D eigenvalue weighted by atomic mass is 10.0. The van der Waals surface area contributed by atoms with Crippen LogP contribution in [0.5, 0.6) is 5.88 Å². The van der Waals surface area contributed by atoms with E-state index in [9.17, 15) is 9.90 Å². The number of aromatic nitrogens is 3. The van der Waals surface area contributed by atoms with Gasteiger partial charge < -0.3 is 10.8 Å². The van der Waals surface area contributed by atoms with E-state index in [4.69, 9.17) is 17.3 Å². The topological polar surface area (TPSA) is 84.5 Å². The Balaban J connectivity index is 1.84. The summed E-state index contributed by atoms with van der Waals surface area (Å²) >= 11 is 5.86. The van der Waals surface area contributed by atoms with Gasteiger partial charge in [0.1, 0.15) is 5.15 Å². The van der Waals surface area contributed by atoms with Crippen LogP contribution in [-0.4, -0.2) is 14.5 Å². The molecule has 0 aliphatic rings. The zero-order valence-electron chi connectivity index (χ0n) is 16.1. The number of hydrogen-bond acceptors (Lipinski definition) is 4. The molecule has 4 aromatic rings. The molecule has 6 nitrogen and oxygen atoms in total. The van der Waals surface area contributed by atoms with Gasteiger partial charge in [0.25, 0.3) is 11.5 Å². The number of hydrogen-bond donors (Lipinski definition) is 2. The number of pyridine rings is 2. The molecule has 30 heavy (non-hydrogen) atoms. The van der Waals surface area contributed by atoms with Gasteiger partial charge in [-0.3, -0.25) is 0 Å². The van der Waals surface area contributed by atoms with Gasteiger partial charge in [-0.25, -0.2) is 9.78 Å².